The van der Waals surface area contributed by atoms with Gasteiger partial charge in [0.25, 0.3) is 0 Å². The van der Waals surface area contributed by atoms with Crippen LogP contribution in [0.4, 0.5) is 0 Å². The molecule has 1 saturated heterocycles. The monoisotopic (exact) mass is 292 g/mol. The van der Waals surface area contributed by atoms with Crippen molar-refractivity contribution in [1.29, 1.82) is 0 Å². The van der Waals surface area contributed by atoms with Crippen LogP contribution < -0.4 is 5.32 Å². The number of nitrogens with one attached hydrogen (secondary N) is 1. The number of hydrogen-bond donors (Lipinski definition) is 2. The van der Waals surface area contributed by atoms with E-state index in [1.807, 2.05) is 0 Å². The minimum Gasteiger partial charge on any atom is -0.395 e. The molecule has 1 heterocycles. The van der Waals surface area contributed by atoms with Crippen molar-refractivity contribution in [2.75, 3.05) is 39.5 Å². The van der Waals surface area contributed by atoms with Gasteiger partial charge in [-0.3, -0.25) is 4.90 Å². The van der Waals surface area contributed by atoms with Crippen LogP contribution in [0, 0.1) is 6.92 Å². The molecule has 21 heavy (non-hydrogen) atoms. The lowest BCUT2D eigenvalue weighted by molar-refractivity contribution is -0.0286. The summed E-state index contributed by atoms with van der Waals surface area (Å²) in [5, 5.41) is 13.0. The van der Waals surface area contributed by atoms with Crippen molar-refractivity contribution in [2.24, 2.45) is 0 Å². The smallest absolute Gasteiger partial charge is 0.0644 e. The van der Waals surface area contributed by atoms with Gasteiger partial charge in [0.05, 0.1) is 25.9 Å². The summed E-state index contributed by atoms with van der Waals surface area (Å²) in [6, 6.07) is 9.30. The third kappa shape index (κ3) is 4.78. The van der Waals surface area contributed by atoms with Gasteiger partial charge in [-0.2, -0.15) is 0 Å². The Morgan fingerprint density at radius 2 is 2.14 bits per heavy atom. The quantitative estimate of drug-likeness (QED) is 0.803. The fourth-order valence-corrected chi connectivity index (χ4v) is 2.88. The third-order valence-electron chi connectivity index (χ3n) is 4.20. The minimum atomic E-state index is 0.152. The number of morpholine rings is 1. The fourth-order valence-electron chi connectivity index (χ4n) is 2.88. The molecule has 4 nitrogen and oxygen atoms in total. The lowest BCUT2D eigenvalue weighted by atomic mass is 10.0. The van der Waals surface area contributed by atoms with E-state index in [-0.39, 0.29) is 12.6 Å². The Hall–Kier alpha value is -0.940. The van der Waals surface area contributed by atoms with E-state index in [1.54, 1.807) is 0 Å². The number of benzene rings is 1. The van der Waals surface area contributed by atoms with Crippen molar-refractivity contribution in [3.63, 3.8) is 0 Å². The Bertz CT molecular complexity index is 408. The maximum absolute atomic E-state index is 9.44. The highest BCUT2D eigenvalue weighted by Crippen LogP contribution is 2.19. The van der Waals surface area contributed by atoms with Gasteiger partial charge in [0.2, 0.25) is 0 Å². The first-order chi connectivity index (χ1) is 10.2. The Labute approximate surface area is 128 Å². The Morgan fingerprint density at radius 3 is 2.81 bits per heavy atom. The van der Waals surface area contributed by atoms with E-state index in [0.717, 1.165) is 32.7 Å². The van der Waals surface area contributed by atoms with Crippen molar-refractivity contribution in [3.8, 4) is 0 Å². The van der Waals surface area contributed by atoms with Gasteiger partial charge in [-0.05, 0) is 25.5 Å². The molecular formula is C17H28N2O2. The van der Waals surface area contributed by atoms with Gasteiger partial charge < -0.3 is 15.2 Å². The molecule has 1 aliphatic rings. The number of aliphatic hydroxyl groups excluding tert-OH is 1. The SMILES string of the molecule is CCNC(CCN1CCOCC1CO)c1ccc(C)cc1. The van der Waals surface area contributed by atoms with Crippen LogP contribution >= 0.6 is 0 Å². The zero-order valence-electron chi connectivity index (χ0n) is 13.2. The lowest BCUT2D eigenvalue weighted by Gasteiger charge is -2.35. The van der Waals surface area contributed by atoms with Gasteiger partial charge in [0.1, 0.15) is 0 Å². The van der Waals surface area contributed by atoms with Crippen LogP contribution in [-0.2, 0) is 4.74 Å². The second-order valence-corrected chi connectivity index (χ2v) is 5.76. The van der Waals surface area contributed by atoms with E-state index in [4.69, 9.17) is 4.74 Å². The van der Waals surface area contributed by atoms with Gasteiger partial charge in [-0.25, -0.2) is 0 Å². The molecule has 1 aliphatic heterocycles. The number of aliphatic hydroxyl groups is 1. The normalized spacial score (nSPS) is 21.4. The largest absolute Gasteiger partial charge is 0.395 e. The van der Waals surface area contributed by atoms with Crippen LogP contribution in [0.5, 0.6) is 0 Å². The molecule has 118 valence electrons. The number of ether oxygens (including phenoxy) is 1. The highest BCUT2D eigenvalue weighted by molar-refractivity contribution is 5.24. The molecule has 0 aliphatic carbocycles. The molecule has 2 N–H and O–H groups in total. The maximum atomic E-state index is 9.44. The molecule has 0 aromatic heterocycles. The minimum absolute atomic E-state index is 0.152. The van der Waals surface area contributed by atoms with Crippen molar-refractivity contribution in [2.45, 2.75) is 32.4 Å². The van der Waals surface area contributed by atoms with E-state index < -0.39 is 0 Å². The van der Waals surface area contributed by atoms with Crippen LogP contribution in [0.15, 0.2) is 24.3 Å². The molecule has 2 atom stereocenters. The summed E-state index contributed by atoms with van der Waals surface area (Å²) >= 11 is 0. The molecular weight excluding hydrogens is 264 g/mol. The molecule has 1 fully saturated rings. The van der Waals surface area contributed by atoms with E-state index in [1.165, 1.54) is 11.1 Å². The Morgan fingerprint density at radius 1 is 1.38 bits per heavy atom. The summed E-state index contributed by atoms with van der Waals surface area (Å²) in [6.45, 7) is 8.72. The number of nitrogens with zero attached hydrogens (tertiary/aromatic N) is 1. The molecule has 0 saturated carbocycles. The highest BCUT2D eigenvalue weighted by Gasteiger charge is 2.23. The van der Waals surface area contributed by atoms with E-state index in [2.05, 4.69) is 48.3 Å². The second-order valence-electron chi connectivity index (χ2n) is 5.76. The molecule has 1 aromatic carbocycles. The van der Waals surface area contributed by atoms with Gasteiger partial charge >= 0.3 is 0 Å². The average molecular weight is 292 g/mol. The fraction of sp³-hybridized carbons (Fsp3) is 0.647. The van der Waals surface area contributed by atoms with Gasteiger partial charge in [-0.15, -0.1) is 0 Å². The first-order valence-corrected chi connectivity index (χ1v) is 7.97. The summed E-state index contributed by atoms with van der Waals surface area (Å²) in [6.07, 6.45) is 1.05. The number of aryl methyl sites for hydroxylation is 1. The standard InChI is InChI=1S/C17H28N2O2/c1-3-18-17(15-6-4-14(2)5-7-15)8-9-19-10-11-21-13-16(19)12-20/h4-7,16-18,20H,3,8-13H2,1-2H3. The summed E-state index contributed by atoms with van der Waals surface area (Å²) in [7, 11) is 0. The zero-order valence-corrected chi connectivity index (χ0v) is 13.2. The van der Waals surface area contributed by atoms with E-state index >= 15 is 0 Å². The summed E-state index contributed by atoms with van der Waals surface area (Å²) in [5.74, 6) is 0. The third-order valence-corrected chi connectivity index (χ3v) is 4.20. The highest BCUT2D eigenvalue weighted by atomic mass is 16.5. The second kappa shape index (κ2) is 8.49. The van der Waals surface area contributed by atoms with Crippen molar-refractivity contribution >= 4 is 0 Å². The Kier molecular flexibility index (Phi) is 6.64. The summed E-state index contributed by atoms with van der Waals surface area (Å²) < 4.78 is 5.44. The lowest BCUT2D eigenvalue weighted by Crippen LogP contribution is -2.48. The van der Waals surface area contributed by atoms with Gasteiger partial charge in [-0.1, -0.05) is 36.8 Å². The first-order valence-electron chi connectivity index (χ1n) is 7.97. The maximum Gasteiger partial charge on any atom is 0.0644 e. The van der Waals surface area contributed by atoms with E-state index in [0.29, 0.717) is 12.6 Å². The summed E-state index contributed by atoms with van der Waals surface area (Å²) in [4.78, 5) is 2.35. The molecule has 0 bridgehead atoms. The van der Waals surface area contributed by atoms with Crippen LogP contribution in [0.3, 0.4) is 0 Å². The van der Waals surface area contributed by atoms with Crippen LogP contribution in [0.2, 0.25) is 0 Å². The van der Waals surface area contributed by atoms with Gasteiger partial charge in [0.15, 0.2) is 0 Å². The van der Waals surface area contributed by atoms with Crippen LogP contribution in [0.25, 0.3) is 0 Å². The number of hydrogen-bond acceptors (Lipinski definition) is 4. The molecule has 2 rings (SSSR count). The Balaban J connectivity index is 1.94. The molecule has 1 aromatic rings. The molecule has 2 unspecified atom stereocenters. The van der Waals surface area contributed by atoms with Crippen LogP contribution in [0.1, 0.15) is 30.5 Å². The molecule has 4 heteroatoms. The van der Waals surface area contributed by atoms with Crippen molar-refractivity contribution in [1.82, 2.24) is 10.2 Å². The average Bonchev–Trinajstić information content (AvgIpc) is 2.52. The number of rotatable bonds is 7. The molecule has 0 amide bonds. The predicted octanol–water partition coefficient (Wildman–Crippen LogP) is 1.73. The van der Waals surface area contributed by atoms with E-state index in [9.17, 15) is 5.11 Å². The molecule has 0 radical (unpaired) electrons. The topological polar surface area (TPSA) is 44.7 Å². The van der Waals surface area contributed by atoms with Crippen LogP contribution in [-0.4, -0.2) is 55.5 Å². The zero-order chi connectivity index (χ0) is 15.1. The van der Waals surface area contributed by atoms with Crippen molar-refractivity contribution in [3.05, 3.63) is 35.4 Å². The summed E-state index contributed by atoms with van der Waals surface area (Å²) in [5.41, 5.74) is 2.64. The predicted molar refractivity (Wildman–Crippen MR) is 85.5 cm³/mol. The first kappa shape index (κ1) is 16.4. The molecule has 0 spiro atoms. The van der Waals surface area contributed by atoms with Crippen molar-refractivity contribution < 1.29 is 9.84 Å². The van der Waals surface area contributed by atoms with Gasteiger partial charge in [0, 0.05) is 19.1 Å².